The molecule has 2 bridgehead atoms. The molecule has 0 spiro atoms. The van der Waals surface area contributed by atoms with Crippen molar-refractivity contribution in [2.75, 3.05) is 6.61 Å². The molecule has 3 fully saturated rings. The highest BCUT2D eigenvalue weighted by atomic mass is 16.6. The van der Waals surface area contributed by atoms with Crippen LogP contribution in [0.1, 0.15) is 125 Å². The van der Waals surface area contributed by atoms with Crippen LogP contribution in [-0.4, -0.2) is 105 Å². The highest BCUT2D eigenvalue weighted by Crippen LogP contribution is 2.64. The predicted molar refractivity (Wildman–Crippen MR) is 245 cm³/mol. The molecule has 2 saturated carbocycles. The predicted octanol–water partition coefficient (Wildman–Crippen LogP) is 6.08. The Bertz CT molecular complexity index is 2390. The third-order valence-electron chi connectivity index (χ3n) is 14.9. The molecule has 68 heavy (non-hydrogen) atoms. The fraction of sp³-hybridized carbons (Fsp3) is 0.509. The molecule has 3 aromatic rings. The molecule has 1 aliphatic heterocycles. The van der Waals surface area contributed by atoms with Gasteiger partial charge in [0.2, 0.25) is 0 Å². The zero-order valence-corrected chi connectivity index (χ0v) is 39.5. The molecule has 15 heteroatoms. The lowest BCUT2D eigenvalue weighted by molar-refractivity contribution is -0.346. The Morgan fingerprint density at radius 2 is 1.44 bits per heavy atom. The van der Waals surface area contributed by atoms with Gasteiger partial charge in [0.25, 0.3) is 5.91 Å². The van der Waals surface area contributed by atoms with Crippen molar-refractivity contribution in [2.24, 2.45) is 16.7 Å². The van der Waals surface area contributed by atoms with E-state index in [4.69, 9.17) is 23.7 Å². The molecule has 4 N–H and O–H groups in total. The number of ether oxygens (including phenoxy) is 5. The fourth-order valence-electron chi connectivity index (χ4n) is 11.1. The van der Waals surface area contributed by atoms with Gasteiger partial charge in [0, 0.05) is 37.2 Å². The van der Waals surface area contributed by atoms with Crippen LogP contribution < -0.4 is 5.32 Å². The van der Waals surface area contributed by atoms with E-state index >= 15 is 4.79 Å². The van der Waals surface area contributed by atoms with E-state index < -0.39 is 113 Å². The second-order valence-electron chi connectivity index (χ2n) is 19.4. The summed E-state index contributed by atoms with van der Waals surface area (Å²) in [6, 6.07) is 23.1. The number of carbonyl (C=O) groups is 6. The Kier molecular flexibility index (Phi) is 14.8. The minimum atomic E-state index is -2.40. The Morgan fingerprint density at radius 1 is 0.838 bits per heavy atom. The zero-order valence-electron chi connectivity index (χ0n) is 39.5. The summed E-state index contributed by atoms with van der Waals surface area (Å²) in [4.78, 5) is 85.5. The minimum absolute atomic E-state index is 0.0287. The van der Waals surface area contributed by atoms with Gasteiger partial charge in [-0.05, 0) is 61.2 Å². The molecule has 15 nitrogen and oxygen atoms in total. The monoisotopic (exact) mass is 937 g/mol. The van der Waals surface area contributed by atoms with Crippen LogP contribution in [-0.2, 0) is 42.9 Å². The quantitative estimate of drug-likeness (QED) is 0.0554. The van der Waals surface area contributed by atoms with Crippen LogP contribution in [0.5, 0.6) is 0 Å². The molecule has 3 aliphatic carbocycles. The molecule has 364 valence electrons. The van der Waals surface area contributed by atoms with Crippen molar-refractivity contribution in [3.63, 3.8) is 0 Å². The van der Waals surface area contributed by atoms with Crippen LogP contribution in [0.25, 0.3) is 0 Å². The second-order valence-corrected chi connectivity index (χ2v) is 19.4. The van der Waals surface area contributed by atoms with Crippen LogP contribution in [0.4, 0.5) is 0 Å². The van der Waals surface area contributed by atoms with Gasteiger partial charge >= 0.3 is 23.9 Å². The number of fused-ring (bicyclic) bond motifs is 5. The standard InChI is InChI=1S/C53H63NO14/c1-7-8-9-10-20-27-39(57)66-43-40-31(2)36(65-49(62)42(58)41(33-21-14-11-15-22-33)54-47(60)34-23-16-12-17-24-34)29-53(63,50(40,4)5)46(67-48(61)35-25-18-13-19-26-35)44-51(6,45(43)59)37(56)28-38-52(44,30-64-38)68-32(3)55/h11-19,21-26,36-38,41-44,46,56,58,63H,7-10,20,27-30H2,1-6H3,(H,54,60)/t36-,37-,38+,41-,42+,43+,44-,46-,51+,52-,53+/m0/s1. The lowest BCUT2D eigenvalue weighted by Crippen LogP contribution is -2.82. The number of unbranched alkanes of at least 4 members (excludes halogenated alkanes) is 4. The molecule has 7 rings (SSSR count). The number of rotatable bonds is 16. The minimum Gasteiger partial charge on any atom is -0.456 e. The maximum Gasteiger partial charge on any atom is 0.338 e. The molecule has 0 unspecified atom stereocenters. The van der Waals surface area contributed by atoms with Gasteiger partial charge in [-0.1, -0.05) is 113 Å². The first-order chi connectivity index (χ1) is 32.3. The van der Waals surface area contributed by atoms with Crippen LogP contribution in [0, 0.1) is 16.7 Å². The summed E-state index contributed by atoms with van der Waals surface area (Å²) < 4.78 is 31.0. The zero-order chi connectivity index (χ0) is 49.2. The first-order valence-electron chi connectivity index (χ1n) is 23.5. The van der Waals surface area contributed by atoms with Gasteiger partial charge in [-0.3, -0.25) is 19.2 Å². The maximum absolute atomic E-state index is 15.9. The molecule has 4 aliphatic rings. The van der Waals surface area contributed by atoms with E-state index in [2.05, 4.69) is 12.2 Å². The topological polar surface area (TPSA) is 221 Å². The van der Waals surface area contributed by atoms with Crippen molar-refractivity contribution in [3.05, 3.63) is 119 Å². The maximum atomic E-state index is 15.9. The van der Waals surface area contributed by atoms with Crippen LogP contribution in [0.3, 0.4) is 0 Å². The lowest BCUT2D eigenvalue weighted by Gasteiger charge is -2.67. The molecule has 0 radical (unpaired) electrons. The van der Waals surface area contributed by atoms with Gasteiger partial charge in [-0.2, -0.15) is 0 Å². The number of benzene rings is 3. The van der Waals surface area contributed by atoms with E-state index in [9.17, 15) is 39.3 Å². The summed E-state index contributed by atoms with van der Waals surface area (Å²) in [5, 5.41) is 40.8. The molecule has 0 aromatic heterocycles. The number of aliphatic hydroxyl groups excluding tert-OH is 2. The highest BCUT2D eigenvalue weighted by Gasteiger charge is 2.78. The summed E-state index contributed by atoms with van der Waals surface area (Å²) in [5.41, 5.74) is -6.98. The number of carbonyl (C=O) groups excluding carboxylic acids is 6. The van der Waals surface area contributed by atoms with Crippen molar-refractivity contribution in [3.8, 4) is 0 Å². The van der Waals surface area contributed by atoms with Crippen molar-refractivity contribution >= 4 is 35.6 Å². The van der Waals surface area contributed by atoms with E-state index in [1.807, 2.05) is 0 Å². The lowest BCUT2D eigenvalue weighted by atomic mass is 9.44. The van der Waals surface area contributed by atoms with Crippen LogP contribution in [0.15, 0.2) is 102 Å². The van der Waals surface area contributed by atoms with E-state index in [-0.39, 0.29) is 41.7 Å². The average Bonchev–Trinajstić information content (AvgIpc) is 3.32. The Hall–Kier alpha value is -5.74. The van der Waals surface area contributed by atoms with E-state index in [0.717, 1.165) is 25.7 Å². The summed E-state index contributed by atoms with van der Waals surface area (Å²) in [6.07, 6.45) is -6.55. The third-order valence-corrected chi connectivity index (χ3v) is 14.9. The van der Waals surface area contributed by atoms with Gasteiger partial charge in [-0.25, -0.2) is 9.59 Å². The Balaban J connectivity index is 1.38. The highest BCUT2D eigenvalue weighted by molar-refractivity contribution is 5.96. The summed E-state index contributed by atoms with van der Waals surface area (Å²) in [7, 11) is 0. The summed E-state index contributed by atoms with van der Waals surface area (Å²) in [6.45, 7) is 9.12. The molecule has 3 aromatic carbocycles. The molecular weight excluding hydrogens is 875 g/mol. The number of hydrogen-bond acceptors (Lipinski definition) is 14. The smallest absolute Gasteiger partial charge is 0.338 e. The number of amides is 1. The number of hydrogen-bond donors (Lipinski definition) is 4. The van der Waals surface area contributed by atoms with E-state index in [1.54, 1.807) is 99.6 Å². The van der Waals surface area contributed by atoms with Gasteiger partial charge in [0.05, 0.1) is 35.6 Å². The molecule has 1 heterocycles. The normalized spacial score (nSPS) is 30.1. The van der Waals surface area contributed by atoms with Gasteiger partial charge < -0.3 is 44.3 Å². The molecule has 11 atom stereocenters. The molecular formula is C53H63NO14. The number of nitrogens with one attached hydrogen (secondary N) is 1. The van der Waals surface area contributed by atoms with Gasteiger partial charge in [0.15, 0.2) is 23.6 Å². The Morgan fingerprint density at radius 3 is 2.03 bits per heavy atom. The first kappa shape index (κ1) is 50.1. The summed E-state index contributed by atoms with van der Waals surface area (Å²) in [5.74, 6) is -6.62. The molecule has 1 amide bonds. The van der Waals surface area contributed by atoms with Crippen molar-refractivity contribution in [2.45, 2.75) is 147 Å². The first-order valence-corrected chi connectivity index (χ1v) is 23.5. The molecule has 1 saturated heterocycles. The number of ketones is 1. The fourth-order valence-corrected chi connectivity index (χ4v) is 11.1. The van der Waals surface area contributed by atoms with Crippen molar-refractivity contribution < 1.29 is 67.8 Å². The van der Waals surface area contributed by atoms with E-state index in [1.165, 1.54) is 26.0 Å². The van der Waals surface area contributed by atoms with Gasteiger partial charge in [-0.15, -0.1) is 0 Å². The number of aliphatic hydroxyl groups is 3. The van der Waals surface area contributed by atoms with E-state index in [0.29, 0.717) is 12.0 Å². The van der Waals surface area contributed by atoms with Crippen LogP contribution in [0.2, 0.25) is 0 Å². The largest absolute Gasteiger partial charge is 0.456 e. The Labute approximate surface area is 396 Å². The van der Waals surface area contributed by atoms with Crippen molar-refractivity contribution in [1.82, 2.24) is 5.32 Å². The summed E-state index contributed by atoms with van der Waals surface area (Å²) >= 11 is 0. The number of esters is 4. The van der Waals surface area contributed by atoms with Crippen molar-refractivity contribution in [1.29, 1.82) is 0 Å². The third kappa shape index (κ3) is 9.13. The number of Topliss-reactive ketones (excluding diaryl/α,β-unsaturated/α-hetero) is 1. The SMILES string of the molecule is CCCCCCCC(=O)O[C@H]1C(=O)[C@@]2(C)[C@H]([C@H](OC(=O)c3ccccc3)[C@]3(O)C[C@H](OC(=O)[C@H](O)[C@@H](NC(=O)c4ccccc4)c4ccccc4)C(C)=C1C3(C)C)[C@]1(OC(C)=O)CO[C@@H]1C[C@@H]2O. The van der Waals surface area contributed by atoms with Gasteiger partial charge in [0.1, 0.15) is 23.9 Å². The second kappa shape index (κ2) is 20.1. The average molecular weight is 938 g/mol. The van der Waals surface area contributed by atoms with Crippen LogP contribution >= 0.6 is 0 Å².